The molecule has 0 saturated heterocycles. The third kappa shape index (κ3) is 4.21. The Labute approximate surface area is 132 Å². The van der Waals surface area contributed by atoms with Crippen molar-refractivity contribution < 1.29 is 8.42 Å². The summed E-state index contributed by atoms with van der Waals surface area (Å²) in [6.07, 6.45) is 2.38. The molecule has 0 aromatic carbocycles. The van der Waals surface area contributed by atoms with Gasteiger partial charge in [-0.2, -0.15) is 0 Å². The Hall–Kier alpha value is -1.06. The molecule has 114 valence electrons. The van der Waals surface area contributed by atoms with Crippen LogP contribution in [0.3, 0.4) is 0 Å². The van der Waals surface area contributed by atoms with E-state index in [1.54, 1.807) is 11.3 Å². The van der Waals surface area contributed by atoms with Gasteiger partial charge in [0.05, 0.1) is 18.4 Å². The molecule has 1 N–H and O–H groups in total. The summed E-state index contributed by atoms with van der Waals surface area (Å²) in [6.45, 7) is 0.262. The third-order valence-electron chi connectivity index (χ3n) is 2.87. The van der Waals surface area contributed by atoms with Crippen molar-refractivity contribution >= 4 is 33.0 Å². The summed E-state index contributed by atoms with van der Waals surface area (Å²) in [6, 6.07) is 3.89. The fraction of sp³-hybridized carbons (Fsp3) is 0.333. The van der Waals surface area contributed by atoms with E-state index in [2.05, 4.69) is 14.7 Å². The smallest absolute Gasteiger partial charge is 0.243 e. The summed E-state index contributed by atoms with van der Waals surface area (Å²) in [4.78, 5) is 10.4. The first-order valence-electron chi connectivity index (χ1n) is 6.07. The lowest BCUT2D eigenvalue weighted by atomic mass is 10.2. The van der Waals surface area contributed by atoms with Crippen LogP contribution >= 0.6 is 22.9 Å². The highest BCUT2D eigenvalue weighted by atomic mass is 35.5. The van der Waals surface area contributed by atoms with Crippen molar-refractivity contribution in [3.05, 3.63) is 40.1 Å². The molecule has 2 rings (SSSR count). The van der Waals surface area contributed by atoms with Gasteiger partial charge in [-0.1, -0.05) is 6.07 Å². The van der Waals surface area contributed by atoms with Gasteiger partial charge in [-0.3, -0.25) is 0 Å². The Morgan fingerprint density at radius 2 is 2.05 bits per heavy atom. The summed E-state index contributed by atoms with van der Waals surface area (Å²) in [5.74, 6) is 0. The predicted octanol–water partition coefficient (Wildman–Crippen LogP) is 1.77. The van der Waals surface area contributed by atoms with Crippen molar-refractivity contribution in [1.82, 2.24) is 19.6 Å². The van der Waals surface area contributed by atoms with Gasteiger partial charge in [0, 0.05) is 11.4 Å². The van der Waals surface area contributed by atoms with E-state index in [4.69, 9.17) is 11.6 Å². The Kier molecular flexibility index (Phi) is 5.28. The first-order valence-corrected chi connectivity index (χ1v) is 8.81. The first kappa shape index (κ1) is 16.3. The highest BCUT2D eigenvalue weighted by Crippen LogP contribution is 2.23. The lowest BCUT2D eigenvalue weighted by Crippen LogP contribution is -2.34. The van der Waals surface area contributed by atoms with E-state index in [9.17, 15) is 8.42 Å². The van der Waals surface area contributed by atoms with Gasteiger partial charge in [-0.25, -0.2) is 23.1 Å². The zero-order chi connectivity index (χ0) is 15.5. The molecule has 0 aliphatic rings. The maximum Gasteiger partial charge on any atom is 0.243 e. The molecular weight excluding hydrogens is 332 g/mol. The van der Waals surface area contributed by atoms with Crippen LogP contribution in [0, 0.1) is 0 Å². The normalized spacial score (nSPS) is 13.5. The van der Waals surface area contributed by atoms with E-state index in [0.717, 1.165) is 4.88 Å². The number of hydrogen-bond donors (Lipinski definition) is 1. The van der Waals surface area contributed by atoms with E-state index < -0.39 is 10.0 Å². The highest BCUT2D eigenvalue weighted by molar-refractivity contribution is 7.89. The first-order chi connectivity index (χ1) is 9.90. The van der Waals surface area contributed by atoms with Crippen molar-refractivity contribution in [2.24, 2.45) is 0 Å². The predicted molar refractivity (Wildman–Crippen MR) is 83.0 cm³/mol. The molecule has 0 bridgehead atoms. The molecule has 1 unspecified atom stereocenters. The molecule has 0 aliphatic heterocycles. The van der Waals surface area contributed by atoms with Crippen LogP contribution in [0.5, 0.6) is 0 Å². The van der Waals surface area contributed by atoms with Crippen molar-refractivity contribution in [2.75, 3.05) is 20.6 Å². The van der Waals surface area contributed by atoms with Crippen molar-refractivity contribution in [2.45, 2.75) is 10.9 Å². The summed E-state index contributed by atoms with van der Waals surface area (Å²) >= 11 is 7.14. The highest BCUT2D eigenvalue weighted by Gasteiger charge is 2.20. The van der Waals surface area contributed by atoms with Crippen LogP contribution in [-0.4, -0.2) is 43.9 Å². The second-order valence-electron chi connectivity index (χ2n) is 4.53. The number of halogens is 1. The molecule has 0 fully saturated rings. The molecular formula is C12H15ClN4O2S2. The average molecular weight is 347 g/mol. The number of nitrogens with one attached hydrogen (secondary N) is 1. The zero-order valence-electron chi connectivity index (χ0n) is 11.5. The number of likely N-dealkylation sites (N-methyl/N-ethyl adjacent to an activating group) is 1. The van der Waals surface area contributed by atoms with Crippen LogP contribution in [-0.2, 0) is 10.0 Å². The Bertz CT molecular complexity index is 672. The van der Waals surface area contributed by atoms with Crippen LogP contribution in [0.4, 0.5) is 0 Å². The van der Waals surface area contributed by atoms with E-state index in [1.807, 2.05) is 36.5 Å². The molecule has 0 spiro atoms. The fourth-order valence-electron chi connectivity index (χ4n) is 1.73. The Morgan fingerprint density at radius 1 is 1.38 bits per heavy atom. The van der Waals surface area contributed by atoms with Gasteiger partial charge in [-0.05, 0) is 37.1 Å². The second kappa shape index (κ2) is 6.80. The minimum absolute atomic E-state index is 0.00409. The van der Waals surface area contributed by atoms with Gasteiger partial charge >= 0.3 is 0 Å². The second-order valence-corrected chi connectivity index (χ2v) is 7.62. The molecule has 0 radical (unpaired) electrons. The van der Waals surface area contributed by atoms with Crippen molar-refractivity contribution in [1.29, 1.82) is 0 Å². The van der Waals surface area contributed by atoms with Gasteiger partial charge in [-0.15, -0.1) is 11.3 Å². The topological polar surface area (TPSA) is 75.2 Å². The number of aromatic nitrogens is 2. The molecule has 9 heteroatoms. The van der Waals surface area contributed by atoms with Gasteiger partial charge in [0.15, 0.2) is 0 Å². The van der Waals surface area contributed by atoms with Gasteiger partial charge in [0.1, 0.15) is 4.90 Å². The van der Waals surface area contributed by atoms with Crippen molar-refractivity contribution in [3.8, 4) is 0 Å². The summed E-state index contributed by atoms with van der Waals surface area (Å²) in [5.41, 5.74) is 0. The quantitative estimate of drug-likeness (QED) is 0.807. The van der Waals surface area contributed by atoms with Gasteiger partial charge in [0.2, 0.25) is 15.3 Å². The molecule has 0 saturated carbocycles. The van der Waals surface area contributed by atoms with E-state index in [-0.39, 0.29) is 22.8 Å². The minimum Gasteiger partial charge on any atom is -0.300 e. The largest absolute Gasteiger partial charge is 0.300 e. The van der Waals surface area contributed by atoms with Gasteiger partial charge < -0.3 is 4.90 Å². The van der Waals surface area contributed by atoms with Gasteiger partial charge in [0.25, 0.3) is 0 Å². The molecule has 2 heterocycles. The van der Waals surface area contributed by atoms with E-state index in [1.165, 1.54) is 12.4 Å². The zero-order valence-corrected chi connectivity index (χ0v) is 13.9. The summed E-state index contributed by atoms with van der Waals surface area (Å²) < 4.78 is 27.0. The molecule has 6 nitrogen and oxygen atoms in total. The number of sulfonamides is 1. The molecule has 2 aromatic heterocycles. The lowest BCUT2D eigenvalue weighted by molar-refractivity contribution is 0.303. The molecule has 0 amide bonds. The lowest BCUT2D eigenvalue weighted by Gasteiger charge is -2.23. The van der Waals surface area contributed by atoms with Crippen molar-refractivity contribution in [3.63, 3.8) is 0 Å². The fourth-order valence-corrected chi connectivity index (χ4v) is 3.68. The maximum atomic E-state index is 12.2. The van der Waals surface area contributed by atoms with Crippen LogP contribution in [0.1, 0.15) is 10.9 Å². The SMILES string of the molecule is CN(C)C(CNS(=O)(=O)c1cnc(Cl)nc1)c1cccs1. The standard InChI is InChI=1S/C12H15ClN4O2S2/c1-17(2)10(11-4-3-5-20-11)8-16-21(18,19)9-6-14-12(13)15-7-9/h3-7,10,16H,8H2,1-2H3. The Balaban J connectivity index is 2.11. The maximum absolute atomic E-state index is 12.2. The molecule has 2 aromatic rings. The molecule has 0 aliphatic carbocycles. The van der Waals surface area contributed by atoms with E-state index in [0.29, 0.717) is 0 Å². The summed E-state index contributed by atoms with van der Waals surface area (Å²) in [5, 5.41) is 1.98. The summed E-state index contributed by atoms with van der Waals surface area (Å²) in [7, 11) is 0.161. The minimum atomic E-state index is -3.65. The number of hydrogen-bond acceptors (Lipinski definition) is 6. The monoisotopic (exact) mass is 346 g/mol. The number of thiophene rings is 1. The molecule has 1 atom stereocenters. The van der Waals surface area contributed by atoms with Crippen LogP contribution in [0.25, 0.3) is 0 Å². The molecule has 21 heavy (non-hydrogen) atoms. The Morgan fingerprint density at radius 3 is 2.57 bits per heavy atom. The van der Waals surface area contributed by atoms with Crippen LogP contribution in [0.2, 0.25) is 5.28 Å². The number of rotatable bonds is 6. The van der Waals surface area contributed by atoms with E-state index >= 15 is 0 Å². The number of nitrogens with zero attached hydrogens (tertiary/aromatic N) is 3. The third-order valence-corrected chi connectivity index (χ3v) is 5.42. The van der Waals surface area contributed by atoms with Crippen LogP contribution in [0.15, 0.2) is 34.8 Å². The van der Waals surface area contributed by atoms with Crippen LogP contribution < -0.4 is 4.72 Å². The average Bonchev–Trinajstić information content (AvgIpc) is 2.93.